The van der Waals surface area contributed by atoms with Crippen molar-refractivity contribution in [1.82, 2.24) is 15.0 Å². The lowest BCUT2D eigenvalue weighted by Gasteiger charge is -2.12. The van der Waals surface area contributed by atoms with Crippen LogP contribution in [0.3, 0.4) is 0 Å². The van der Waals surface area contributed by atoms with E-state index in [-0.39, 0.29) is 5.69 Å². The Morgan fingerprint density at radius 1 is 1.53 bits per heavy atom. The van der Waals surface area contributed by atoms with E-state index in [1.807, 2.05) is 0 Å². The highest BCUT2D eigenvalue weighted by atomic mass is 16.3. The highest BCUT2D eigenvalue weighted by molar-refractivity contribution is 5.91. The van der Waals surface area contributed by atoms with Gasteiger partial charge in [0.05, 0.1) is 18.3 Å². The molecule has 1 heterocycles. The van der Waals surface area contributed by atoms with Crippen LogP contribution in [0.1, 0.15) is 49.3 Å². The van der Waals surface area contributed by atoms with Gasteiger partial charge < -0.3 is 10.8 Å². The normalized spacial score (nSPS) is 16.8. The Morgan fingerprint density at radius 2 is 2.21 bits per heavy atom. The highest BCUT2D eigenvalue weighted by Crippen LogP contribution is 2.33. The molecule has 0 spiro atoms. The number of amides is 1. The van der Waals surface area contributed by atoms with Crippen molar-refractivity contribution in [2.24, 2.45) is 17.6 Å². The van der Waals surface area contributed by atoms with Crippen molar-refractivity contribution < 1.29 is 9.90 Å². The zero-order valence-corrected chi connectivity index (χ0v) is 11.5. The largest absolute Gasteiger partial charge is 0.391 e. The second-order valence-electron chi connectivity index (χ2n) is 5.77. The van der Waals surface area contributed by atoms with Crippen molar-refractivity contribution in [3.05, 3.63) is 11.4 Å². The van der Waals surface area contributed by atoms with Crippen molar-refractivity contribution in [1.29, 1.82) is 0 Å². The number of aliphatic hydroxyl groups is 1. The van der Waals surface area contributed by atoms with Crippen LogP contribution >= 0.6 is 0 Å². The maximum absolute atomic E-state index is 11.4. The molecule has 2 rings (SSSR count). The maximum atomic E-state index is 11.4. The number of hydrogen-bond acceptors (Lipinski definition) is 4. The third kappa shape index (κ3) is 3.53. The van der Waals surface area contributed by atoms with Gasteiger partial charge in [0.2, 0.25) is 0 Å². The van der Waals surface area contributed by atoms with E-state index in [1.165, 1.54) is 0 Å². The van der Waals surface area contributed by atoms with Gasteiger partial charge in [-0.2, -0.15) is 0 Å². The predicted octanol–water partition coefficient (Wildman–Crippen LogP) is 0.736. The summed E-state index contributed by atoms with van der Waals surface area (Å²) in [4.78, 5) is 11.4. The van der Waals surface area contributed by atoms with E-state index in [4.69, 9.17) is 5.73 Å². The summed E-state index contributed by atoms with van der Waals surface area (Å²) >= 11 is 0. The summed E-state index contributed by atoms with van der Waals surface area (Å²) < 4.78 is 1.64. The van der Waals surface area contributed by atoms with Gasteiger partial charge in [-0.3, -0.25) is 4.79 Å². The molecule has 1 unspecified atom stereocenters. The molecule has 0 bridgehead atoms. The summed E-state index contributed by atoms with van der Waals surface area (Å²) in [5.41, 5.74) is 6.31. The van der Waals surface area contributed by atoms with Gasteiger partial charge in [-0.25, -0.2) is 4.68 Å². The molecule has 1 aliphatic rings. The number of aliphatic hydroxyl groups excluding tert-OH is 1. The number of nitrogens with zero attached hydrogens (tertiary/aromatic N) is 3. The monoisotopic (exact) mass is 266 g/mol. The molecule has 1 saturated carbocycles. The third-order valence-electron chi connectivity index (χ3n) is 3.56. The smallest absolute Gasteiger partial charge is 0.271 e. The van der Waals surface area contributed by atoms with E-state index in [0.29, 0.717) is 24.8 Å². The molecule has 1 aromatic heterocycles. The van der Waals surface area contributed by atoms with E-state index in [9.17, 15) is 9.90 Å². The number of primary amides is 1. The van der Waals surface area contributed by atoms with E-state index in [1.54, 1.807) is 4.68 Å². The first-order chi connectivity index (χ1) is 8.99. The summed E-state index contributed by atoms with van der Waals surface area (Å²) in [5, 5.41) is 17.8. The van der Waals surface area contributed by atoms with Gasteiger partial charge in [0.1, 0.15) is 0 Å². The van der Waals surface area contributed by atoms with Crippen LogP contribution in [0.4, 0.5) is 0 Å². The second kappa shape index (κ2) is 5.69. The molecule has 1 aromatic rings. The minimum Gasteiger partial charge on any atom is -0.391 e. The molecule has 1 aliphatic carbocycles. The Bertz CT molecular complexity index is 451. The standard InChI is InChI=1S/C13H22N4O2/c1-8(2)3-6-10-12(13(14)19)15-16-17(10)7-11(18)9-4-5-9/h8-9,11,18H,3-7H2,1-2H3,(H2,14,19). The van der Waals surface area contributed by atoms with Crippen LogP contribution < -0.4 is 5.73 Å². The zero-order chi connectivity index (χ0) is 14.0. The van der Waals surface area contributed by atoms with Crippen molar-refractivity contribution in [2.45, 2.75) is 52.2 Å². The highest BCUT2D eigenvalue weighted by Gasteiger charge is 2.31. The lowest BCUT2D eigenvalue weighted by molar-refractivity contribution is 0.0993. The van der Waals surface area contributed by atoms with Crippen molar-refractivity contribution in [2.75, 3.05) is 0 Å². The van der Waals surface area contributed by atoms with Crippen LogP contribution in [-0.2, 0) is 13.0 Å². The van der Waals surface area contributed by atoms with Gasteiger partial charge in [0, 0.05) is 0 Å². The van der Waals surface area contributed by atoms with Crippen LogP contribution in [0.15, 0.2) is 0 Å². The van der Waals surface area contributed by atoms with Crippen LogP contribution in [0.25, 0.3) is 0 Å². The van der Waals surface area contributed by atoms with Gasteiger partial charge in [0.15, 0.2) is 5.69 Å². The first kappa shape index (κ1) is 14.0. The first-order valence-corrected chi connectivity index (χ1v) is 6.89. The number of hydrogen-bond donors (Lipinski definition) is 2. The maximum Gasteiger partial charge on any atom is 0.271 e. The van der Waals surface area contributed by atoms with Gasteiger partial charge >= 0.3 is 0 Å². The number of rotatable bonds is 7. The Kier molecular flexibility index (Phi) is 4.19. The molecule has 0 radical (unpaired) electrons. The molecule has 0 saturated heterocycles. The Hall–Kier alpha value is -1.43. The van der Waals surface area contributed by atoms with E-state index >= 15 is 0 Å². The Labute approximate surface area is 113 Å². The van der Waals surface area contributed by atoms with Crippen molar-refractivity contribution >= 4 is 5.91 Å². The first-order valence-electron chi connectivity index (χ1n) is 6.89. The SMILES string of the molecule is CC(C)CCc1c(C(N)=O)nnn1CC(O)C1CC1. The van der Waals surface area contributed by atoms with Crippen LogP contribution in [0, 0.1) is 11.8 Å². The lowest BCUT2D eigenvalue weighted by Crippen LogP contribution is -2.22. The average Bonchev–Trinajstić information content (AvgIpc) is 3.09. The molecule has 19 heavy (non-hydrogen) atoms. The molecule has 0 aromatic carbocycles. The number of carbonyl (C=O) groups is 1. The number of carbonyl (C=O) groups excluding carboxylic acids is 1. The van der Waals surface area contributed by atoms with Crippen molar-refractivity contribution in [3.8, 4) is 0 Å². The minimum atomic E-state index is -0.550. The zero-order valence-electron chi connectivity index (χ0n) is 11.5. The molecule has 0 aliphatic heterocycles. The van der Waals surface area contributed by atoms with E-state index < -0.39 is 12.0 Å². The van der Waals surface area contributed by atoms with Crippen LogP contribution in [-0.4, -0.2) is 32.1 Å². The quantitative estimate of drug-likeness (QED) is 0.761. The second-order valence-corrected chi connectivity index (χ2v) is 5.77. The predicted molar refractivity (Wildman–Crippen MR) is 70.4 cm³/mol. The summed E-state index contributed by atoms with van der Waals surface area (Å²) in [6.07, 6.45) is 3.38. The van der Waals surface area contributed by atoms with Gasteiger partial charge in [-0.05, 0) is 37.5 Å². The van der Waals surface area contributed by atoms with Gasteiger partial charge in [0.25, 0.3) is 5.91 Å². The molecule has 1 amide bonds. The van der Waals surface area contributed by atoms with E-state index in [2.05, 4.69) is 24.2 Å². The molecule has 6 heteroatoms. The van der Waals surface area contributed by atoms with Crippen LogP contribution in [0.5, 0.6) is 0 Å². The summed E-state index contributed by atoms with van der Waals surface area (Å²) in [5.74, 6) is 0.350. The molecular weight excluding hydrogens is 244 g/mol. The number of nitrogens with two attached hydrogens (primary N) is 1. The molecule has 6 nitrogen and oxygen atoms in total. The molecule has 1 atom stereocenters. The summed E-state index contributed by atoms with van der Waals surface area (Å²) in [7, 11) is 0. The molecular formula is C13H22N4O2. The van der Waals surface area contributed by atoms with Gasteiger partial charge in [-0.15, -0.1) is 5.10 Å². The van der Waals surface area contributed by atoms with E-state index in [0.717, 1.165) is 25.0 Å². The Morgan fingerprint density at radius 3 is 2.74 bits per heavy atom. The fourth-order valence-corrected chi connectivity index (χ4v) is 2.15. The molecule has 1 fully saturated rings. The average molecular weight is 266 g/mol. The topological polar surface area (TPSA) is 94.0 Å². The summed E-state index contributed by atoms with van der Waals surface area (Å²) in [6, 6.07) is 0. The molecule has 3 N–H and O–H groups in total. The third-order valence-corrected chi connectivity index (χ3v) is 3.56. The Balaban J connectivity index is 2.13. The number of aromatic nitrogens is 3. The molecule has 106 valence electrons. The van der Waals surface area contributed by atoms with Crippen LogP contribution in [0.2, 0.25) is 0 Å². The summed E-state index contributed by atoms with van der Waals surface area (Å²) in [6.45, 7) is 4.65. The van der Waals surface area contributed by atoms with Gasteiger partial charge in [-0.1, -0.05) is 19.1 Å². The fraction of sp³-hybridized carbons (Fsp3) is 0.769. The minimum absolute atomic E-state index is 0.239. The van der Waals surface area contributed by atoms with Crippen molar-refractivity contribution in [3.63, 3.8) is 0 Å². The fourth-order valence-electron chi connectivity index (χ4n) is 2.15. The lowest BCUT2D eigenvalue weighted by atomic mass is 10.0.